The van der Waals surface area contributed by atoms with Crippen molar-refractivity contribution in [3.63, 3.8) is 0 Å². The fraction of sp³-hybridized carbons (Fsp3) is 0.188. The predicted molar refractivity (Wildman–Crippen MR) is 71.1 cm³/mol. The van der Waals surface area contributed by atoms with E-state index >= 15 is 0 Å². The van der Waals surface area contributed by atoms with Gasteiger partial charge >= 0.3 is 0 Å². The molecule has 0 amide bonds. The highest BCUT2D eigenvalue weighted by atomic mass is 16.3. The Morgan fingerprint density at radius 2 is 1.89 bits per heavy atom. The summed E-state index contributed by atoms with van der Waals surface area (Å²) < 4.78 is 0. The summed E-state index contributed by atoms with van der Waals surface area (Å²) in [5.74, 6) is 0. The monoisotopic (exact) mass is 237 g/mol. The Hall–Kier alpha value is -2.11. The van der Waals surface area contributed by atoms with Gasteiger partial charge in [0.2, 0.25) is 0 Å². The highest BCUT2D eigenvalue weighted by Gasteiger charge is 2.13. The third-order valence-corrected chi connectivity index (χ3v) is 3.06. The third kappa shape index (κ3) is 2.42. The Morgan fingerprint density at radius 1 is 1.11 bits per heavy atom. The molecule has 1 N–H and O–H groups in total. The number of aliphatic hydroxyl groups is 1. The molecule has 0 saturated carbocycles. The largest absolute Gasteiger partial charge is 0.384 e. The normalized spacial score (nSPS) is 11.9. The molecular formula is C16H15NO. The summed E-state index contributed by atoms with van der Waals surface area (Å²) in [4.78, 5) is 0. The number of hydrogen-bond acceptors (Lipinski definition) is 2. The van der Waals surface area contributed by atoms with Gasteiger partial charge in [-0.2, -0.15) is 5.26 Å². The summed E-state index contributed by atoms with van der Waals surface area (Å²) in [7, 11) is 0. The number of aliphatic hydroxyl groups excluding tert-OH is 1. The minimum absolute atomic E-state index is 0.567. The van der Waals surface area contributed by atoms with Gasteiger partial charge in [0.25, 0.3) is 0 Å². The van der Waals surface area contributed by atoms with Crippen LogP contribution >= 0.6 is 0 Å². The van der Waals surface area contributed by atoms with Gasteiger partial charge in [-0.1, -0.05) is 35.9 Å². The van der Waals surface area contributed by atoms with Crippen LogP contribution in [0.1, 0.15) is 33.9 Å². The number of rotatable bonds is 2. The van der Waals surface area contributed by atoms with E-state index in [1.807, 2.05) is 38.1 Å². The van der Waals surface area contributed by atoms with Crippen LogP contribution in [0, 0.1) is 25.2 Å². The molecule has 2 aromatic carbocycles. The molecule has 0 radical (unpaired) electrons. The van der Waals surface area contributed by atoms with Gasteiger partial charge in [-0.3, -0.25) is 0 Å². The van der Waals surface area contributed by atoms with Gasteiger partial charge in [0.1, 0.15) is 6.10 Å². The van der Waals surface area contributed by atoms with Crippen LogP contribution in [-0.2, 0) is 0 Å². The van der Waals surface area contributed by atoms with E-state index in [0.717, 1.165) is 22.3 Å². The molecule has 0 aliphatic rings. The van der Waals surface area contributed by atoms with Crippen molar-refractivity contribution in [3.8, 4) is 6.07 Å². The first kappa shape index (κ1) is 12.3. The zero-order valence-electron chi connectivity index (χ0n) is 10.5. The molecule has 90 valence electrons. The lowest BCUT2D eigenvalue weighted by atomic mass is 9.95. The van der Waals surface area contributed by atoms with Crippen molar-refractivity contribution in [3.05, 3.63) is 70.3 Å². The van der Waals surface area contributed by atoms with Crippen LogP contribution in [0.15, 0.2) is 42.5 Å². The lowest BCUT2D eigenvalue weighted by Crippen LogP contribution is -2.02. The summed E-state index contributed by atoms with van der Waals surface area (Å²) >= 11 is 0. The van der Waals surface area contributed by atoms with Gasteiger partial charge in [-0.25, -0.2) is 0 Å². The first-order chi connectivity index (χ1) is 8.61. The number of aryl methyl sites for hydroxylation is 2. The summed E-state index contributed by atoms with van der Waals surface area (Å²) in [6, 6.07) is 15.2. The second kappa shape index (κ2) is 5.03. The van der Waals surface area contributed by atoms with E-state index in [1.54, 1.807) is 18.2 Å². The van der Waals surface area contributed by atoms with E-state index in [-0.39, 0.29) is 0 Å². The topological polar surface area (TPSA) is 44.0 Å². The molecule has 0 aliphatic heterocycles. The Morgan fingerprint density at radius 3 is 2.61 bits per heavy atom. The van der Waals surface area contributed by atoms with Gasteiger partial charge in [-0.05, 0) is 42.7 Å². The molecule has 0 spiro atoms. The smallest absolute Gasteiger partial charge is 0.104 e. The van der Waals surface area contributed by atoms with E-state index in [2.05, 4.69) is 6.07 Å². The van der Waals surface area contributed by atoms with Crippen LogP contribution in [-0.4, -0.2) is 5.11 Å². The summed E-state index contributed by atoms with van der Waals surface area (Å²) in [6.45, 7) is 3.98. The minimum atomic E-state index is -0.682. The summed E-state index contributed by atoms with van der Waals surface area (Å²) in [6.07, 6.45) is -0.682. The molecule has 0 bridgehead atoms. The van der Waals surface area contributed by atoms with Crippen molar-refractivity contribution in [2.75, 3.05) is 0 Å². The maximum Gasteiger partial charge on any atom is 0.104 e. The molecule has 0 saturated heterocycles. The Bertz CT molecular complexity index is 611. The van der Waals surface area contributed by atoms with Crippen molar-refractivity contribution in [2.45, 2.75) is 20.0 Å². The van der Waals surface area contributed by atoms with Crippen molar-refractivity contribution < 1.29 is 5.11 Å². The van der Waals surface area contributed by atoms with E-state index < -0.39 is 6.10 Å². The summed E-state index contributed by atoms with van der Waals surface area (Å²) in [5, 5.41) is 19.3. The zero-order chi connectivity index (χ0) is 13.1. The van der Waals surface area contributed by atoms with E-state index in [4.69, 9.17) is 5.26 Å². The predicted octanol–water partition coefficient (Wildman–Crippen LogP) is 3.26. The Kier molecular flexibility index (Phi) is 3.45. The molecule has 0 aromatic heterocycles. The fourth-order valence-electron chi connectivity index (χ4n) is 2.01. The van der Waals surface area contributed by atoms with Gasteiger partial charge in [0.15, 0.2) is 0 Å². The maximum absolute atomic E-state index is 10.4. The number of nitriles is 1. The van der Waals surface area contributed by atoms with E-state index in [0.29, 0.717) is 5.56 Å². The van der Waals surface area contributed by atoms with Gasteiger partial charge < -0.3 is 5.11 Å². The van der Waals surface area contributed by atoms with Crippen molar-refractivity contribution in [1.82, 2.24) is 0 Å². The molecule has 0 fully saturated rings. The van der Waals surface area contributed by atoms with Gasteiger partial charge in [-0.15, -0.1) is 0 Å². The number of benzene rings is 2. The van der Waals surface area contributed by atoms with Gasteiger partial charge in [0, 0.05) is 0 Å². The van der Waals surface area contributed by atoms with Crippen LogP contribution in [0.2, 0.25) is 0 Å². The highest BCUT2D eigenvalue weighted by Crippen LogP contribution is 2.26. The first-order valence-electron chi connectivity index (χ1n) is 5.87. The molecule has 18 heavy (non-hydrogen) atoms. The molecule has 1 unspecified atom stereocenters. The average Bonchev–Trinajstić information content (AvgIpc) is 2.41. The molecule has 0 aliphatic carbocycles. The van der Waals surface area contributed by atoms with Crippen molar-refractivity contribution in [2.24, 2.45) is 0 Å². The maximum atomic E-state index is 10.4. The lowest BCUT2D eigenvalue weighted by molar-refractivity contribution is 0.219. The van der Waals surface area contributed by atoms with Crippen LogP contribution in [0.25, 0.3) is 0 Å². The molecule has 2 nitrogen and oxygen atoms in total. The van der Waals surface area contributed by atoms with Gasteiger partial charge in [0.05, 0.1) is 11.6 Å². The van der Waals surface area contributed by atoms with Crippen LogP contribution in [0.3, 0.4) is 0 Å². The average molecular weight is 237 g/mol. The van der Waals surface area contributed by atoms with Crippen LogP contribution in [0.4, 0.5) is 0 Å². The van der Waals surface area contributed by atoms with E-state index in [1.165, 1.54) is 0 Å². The second-order valence-electron chi connectivity index (χ2n) is 4.50. The summed E-state index contributed by atoms with van der Waals surface area (Å²) in [5.41, 5.74) is 4.38. The van der Waals surface area contributed by atoms with Crippen molar-refractivity contribution >= 4 is 0 Å². The number of nitrogens with zero attached hydrogens (tertiary/aromatic N) is 1. The number of hydrogen-bond donors (Lipinski definition) is 1. The zero-order valence-corrected chi connectivity index (χ0v) is 10.5. The highest BCUT2D eigenvalue weighted by molar-refractivity contribution is 5.41. The third-order valence-electron chi connectivity index (χ3n) is 3.06. The lowest BCUT2D eigenvalue weighted by Gasteiger charge is -2.15. The van der Waals surface area contributed by atoms with E-state index in [9.17, 15) is 5.11 Å². The Labute approximate surface area is 107 Å². The molecule has 2 rings (SSSR count). The van der Waals surface area contributed by atoms with Crippen LogP contribution < -0.4 is 0 Å². The van der Waals surface area contributed by atoms with Crippen molar-refractivity contribution in [1.29, 1.82) is 5.26 Å². The molecular weight excluding hydrogens is 222 g/mol. The fourth-order valence-corrected chi connectivity index (χ4v) is 2.01. The Balaban J connectivity index is 2.44. The second-order valence-corrected chi connectivity index (χ2v) is 4.50. The molecule has 2 aromatic rings. The molecule has 0 heterocycles. The standard InChI is InChI=1S/C16H15NO/c1-11-6-7-12(2)15(8-11)16(18)14-5-3-4-13(9-14)10-17/h3-9,16,18H,1-2H3. The molecule has 2 heteroatoms. The first-order valence-corrected chi connectivity index (χ1v) is 5.87. The quantitative estimate of drug-likeness (QED) is 0.871. The molecule has 1 atom stereocenters. The van der Waals surface area contributed by atoms with Crippen LogP contribution in [0.5, 0.6) is 0 Å². The minimum Gasteiger partial charge on any atom is -0.384 e. The SMILES string of the molecule is Cc1ccc(C)c(C(O)c2cccc(C#N)c2)c1.